The molecule has 0 radical (unpaired) electrons. The van der Waals surface area contributed by atoms with Gasteiger partial charge in [0.05, 0.1) is 17.6 Å². The van der Waals surface area contributed by atoms with Gasteiger partial charge >= 0.3 is 0 Å². The second-order valence-electron chi connectivity index (χ2n) is 7.52. The Hall–Kier alpha value is -2.60. The average molecular weight is 364 g/mol. The lowest BCUT2D eigenvalue weighted by molar-refractivity contribution is 0.414. The van der Waals surface area contributed by atoms with E-state index >= 15 is 0 Å². The number of hydrogen-bond donors (Lipinski definition) is 1. The molecule has 1 saturated heterocycles. The summed E-state index contributed by atoms with van der Waals surface area (Å²) >= 11 is 0. The van der Waals surface area contributed by atoms with Gasteiger partial charge in [0.2, 0.25) is 0 Å². The molecule has 0 amide bonds. The molecule has 3 aromatic rings. The smallest absolute Gasteiger partial charge is 0.0650 e. The Bertz CT molecular complexity index is 884. The molecule has 1 aliphatic heterocycles. The van der Waals surface area contributed by atoms with Crippen molar-refractivity contribution in [3.8, 4) is 5.69 Å². The van der Waals surface area contributed by atoms with Gasteiger partial charge in [-0.1, -0.05) is 0 Å². The Morgan fingerprint density at radius 1 is 1.07 bits per heavy atom. The zero-order chi connectivity index (χ0) is 18.8. The molecule has 0 atom stereocenters. The second-order valence-corrected chi connectivity index (χ2v) is 7.52. The average Bonchev–Trinajstić information content (AvgIpc) is 3.25. The van der Waals surface area contributed by atoms with Crippen LogP contribution in [0.5, 0.6) is 0 Å². The Balaban J connectivity index is 1.32. The molecular formula is C21H28N6. The van der Waals surface area contributed by atoms with Crippen LogP contribution in [0.15, 0.2) is 42.7 Å². The number of piperidine rings is 1. The van der Waals surface area contributed by atoms with E-state index in [1.54, 1.807) is 0 Å². The summed E-state index contributed by atoms with van der Waals surface area (Å²) < 4.78 is 3.86. The van der Waals surface area contributed by atoms with E-state index in [4.69, 9.17) is 0 Å². The molecule has 6 nitrogen and oxygen atoms in total. The van der Waals surface area contributed by atoms with Gasteiger partial charge in [-0.25, -0.2) is 4.68 Å². The zero-order valence-electron chi connectivity index (χ0n) is 16.4. The first-order chi connectivity index (χ1) is 13.1. The van der Waals surface area contributed by atoms with E-state index in [1.807, 2.05) is 29.5 Å². The lowest BCUT2D eigenvalue weighted by Crippen LogP contribution is -2.42. The molecule has 1 N–H and O–H groups in total. The fourth-order valence-corrected chi connectivity index (χ4v) is 3.86. The molecule has 27 heavy (non-hydrogen) atoms. The first kappa shape index (κ1) is 17.8. The monoisotopic (exact) mass is 364 g/mol. The summed E-state index contributed by atoms with van der Waals surface area (Å²) in [6.45, 7) is 7.20. The van der Waals surface area contributed by atoms with Crippen LogP contribution in [0.4, 0.5) is 5.69 Å². The third-order valence-corrected chi connectivity index (χ3v) is 5.32. The topological polar surface area (TPSA) is 50.9 Å². The summed E-state index contributed by atoms with van der Waals surface area (Å²) in [4.78, 5) is 2.48. The van der Waals surface area contributed by atoms with Crippen LogP contribution < -0.4 is 10.2 Å². The third-order valence-electron chi connectivity index (χ3n) is 5.32. The maximum atomic E-state index is 4.57. The lowest BCUT2D eigenvalue weighted by Gasteiger charge is -2.34. The minimum absolute atomic E-state index is 0.579. The van der Waals surface area contributed by atoms with Crippen molar-refractivity contribution in [2.75, 3.05) is 18.0 Å². The van der Waals surface area contributed by atoms with E-state index in [0.717, 1.165) is 31.0 Å². The highest BCUT2D eigenvalue weighted by Gasteiger charge is 2.19. The molecule has 0 unspecified atom stereocenters. The molecule has 0 aliphatic carbocycles. The minimum Gasteiger partial charge on any atom is -0.371 e. The highest BCUT2D eigenvalue weighted by molar-refractivity contribution is 5.51. The first-order valence-corrected chi connectivity index (χ1v) is 9.68. The summed E-state index contributed by atoms with van der Waals surface area (Å²) in [6, 6.07) is 11.5. The van der Waals surface area contributed by atoms with Crippen LogP contribution in [0.1, 0.15) is 29.8 Å². The van der Waals surface area contributed by atoms with Gasteiger partial charge in [0.15, 0.2) is 0 Å². The molecule has 4 rings (SSSR count). The Morgan fingerprint density at radius 3 is 2.37 bits per heavy atom. The molecular weight excluding hydrogens is 336 g/mol. The predicted octanol–water partition coefficient (Wildman–Crippen LogP) is 2.98. The zero-order valence-corrected chi connectivity index (χ0v) is 16.4. The molecule has 0 spiro atoms. The van der Waals surface area contributed by atoms with Crippen LogP contribution >= 0.6 is 0 Å². The Labute approximate surface area is 160 Å². The molecule has 1 aliphatic rings. The number of rotatable bonds is 5. The molecule has 1 fully saturated rings. The molecule has 2 aromatic heterocycles. The van der Waals surface area contributed by atoms with E-state index in [1.165, 1.54) is 29.8 Å². The van der Waals surface area contributed by atoms with Crippen molar-refractivity contribution in [1.82, 2.24) is 24.9 Å². The molecule has 1 aromatic carbocycles. The molecule has 6 heteroatoms. The van der Waals surface area contributed by atoms with Crippen molar-refractivity contribution in [3.05, 3.63) is 59.7 Å². The Kier molecular flexibility index (Phi) is 4.99. The fourth-order valence-electron chi connectivity index (χ4n) is 3.86. The number of hydrogen-bond acceptors (Lipinski definition) is 4. The number of benzene rings is 1. The Morgan fingerprint density at radius 2 is 1.78 bits per heavy atom. The van der Waals surface area contributed by atoms with Crippen LogP contribution in [-0.2, 0) is 13.6 Å². The largest absolute Gasteiger partial charge is 0.371 e. The van der Waals surface area contributed by atoms with E-state index in [9.17, 15) is 0 Å². The molecule has 0 saturated carbocycles. The number of aromatic nitrogens is 4. The quantitative estimate of drug-likeness (QED) is 0.756. The van der Waals surface area contributed by atoms with Crippen molar-refractivity contribution in [3.63, 3.8) is 0 Å². The molecule has 142 valence electrons. The van der Waals surface area contributed by atoms with Gasteiger partial charge in [0.1, 0.15) is 0 Å². The minimum atomic E-state index is 0.579. The van der Waals surface area contributed by atoms with Crippen molar-refractivity contribution >= 4 is 5.69 Å². The van der Waals surface area contributed by atoms with Gasteiger partial charge in [0.25, 0.3) is 0 Å². The van der Waals surface area contributed by atoms with Gasteiger partial charge in [0, 0.05) is 55.9 Å². The number of anilines is 1. The SMILES string of the molecule is Cc1cc(C)n(-c2ccc(N3CCC(NCc4cnn(C)c4)CC3)cc2)n1. The lowest BCUT2D eigenvalue weighted by atomic mass is 10.0. The normalized spacial score (nSPS) is 15.4. The van der Waals surface area contributed by atoms with Crippen molar-refractivity contribution in [2.24, 2.45) is 7.05 Å². The van der Waals surface area contributed by atoms with Crippen LogP contribution in [-0.4, -0.2) is 38.7 Å². The number of aryl methyl sites for hydroxylation is 3. The summed E-state index contributed by atoms with van der Waals surface area (Å²) in [7, 11) is 1.96. The third kappa shape index (κ3) is 4.06. The van der Waals surface area contributed by atoms with Crippen LogP contribution in [0.25, 0.3) is 5.69 Å². The van der Waals surface area contributed by atoms with Crippen LogP contribution in [0.2, 0.25) is 0 Å². The highest BCUT2D eigenvalue weighted by Crippen LogP contribution is 2.22. The molecule has 3 heterocycles. The van der Waals surface area contributed by atoms with Crippen molar-refractivity contribution in [1.29, 1.82) is 0 Å². The predicted molar refractivity (Wildman–Crippen MR) is 108 cm³/mol. The van der Waals surface area contributed by atoms with Crippen LogP contribution in [0.3, 0.4) is 0 Å². The summed E-state index contributed by atoms with van der Waals surface area (Å²) in [5, 5.41) is 12.5. The second kappa shape index (κ2) is 7.56. The van der Waals surface area contributed by atoms with Gasteiger partial charge in [-0.05, 0) is 57.0 Å². The highest BCUT2D eigenvalue weighted by atomic mass is 15.3. The van der Waals surface area contributed by atoms with Gasteiger partial charge in [-0.2, -0.15) is 10.2 Å². The first-order valence-electron chi connectivity index (χ1n) is 9.68. The van der Waals surface area contributed by atoms with Gasteiger partial charge in [-0.15, -0.1) is 0 Å². The van der Waals surface area contributed by atoms with E-state index in [2.05, 4.69) is 63.9 Å². The molecule has 0 bridgehead atoms. The number of nitrogens with one attached hydrogen (secondary N) is 1. The van der Waals surface area contributed by atoms with E-state index in [-0.39, 0.29) is 0 Å². The van der Waals surface area contributed by atoms with Gasteiger partial charge in [-0.3, -0.25) is 4.68 Å². The van der Waals surface area contributed by atoms with Crippen molar-refractivity contribution < 1.29 is 0 Å². The maximum Gasteiger partial charge on any atom is 0.0650 e. The number of nitrogens with zero attached hydrogens (tertiary/aromatic N) is 5. The fraction of sp³-hybridized carbons (Fsp3) is 0.429. The van der Waals surface area contributed by atoms with Crippen LogP contribution in [0, 0.1) is 13.8 Å². The summed E-state index contributed by atoms with van der Waals surface area (Å²) in [5.74, 6) is 0. The summed E-state index contributed by atoms with van der Waals surface area (Å²) in [6.07, 6.45) is 6.35. The van der Waals surface area contributed by atoms with E-state index in [0.29, 0.717) is 6.04 Å². The summed E-state index contributed by atoms with van der Waals surface area (Å²) in [5.41, 5.74) is 5.89. The standard InChI is InChI=1S/C21H28N6/c1-16-12-17(2)27(24-16)21-6-4-20(5-7-21)26-10-8-19(9-11-26)22-13-18-14-23-25(3)15-18/h4-7,12,14-15,19,22H,8-11,13H2,1-3H3. The van der Waals surface area contributed by atoms with Crippen molar-refractivity contribution in [2.45, 2.75) is 39.3 Å². The maximum absolute atomic E-state index is 4.57. The van der Waals surface area contributed by atoms with Gasteiger partial charge < -0.3 is 10.2 Å². The van der Waals surface area contributed by atoms with E-state index < -0.39 is 0 Å².